The normalized spacial score (nSPS) is 18.1. The highest BCUT2D eigenvalue weighted by molar-refractivity contribution is 5.79. The molecule has 4 rings (SSSR count). The van der Waals surface area contributed by atoms with Crippen LogP contribution >= 0.6 is 0 Å². The van der Waals surface area contributed by atoms with Crippen LogP contribution < -0.4 is 14.8 Å². The highest BCUT2D eigenvalue weighted by Crippen LogP contribution is 2.36. The van der Waals surface area contributed by atoms with E-state index in [4.69, 9.17) is 0 Å². The number of rotatable bonds is 10. The highest BCUT2D eigenvalue weighted by atomic mass is 19.4. The smallest absolute Gasteiger partial charge is 0.406 e. The summed E-state index contributed by atoms with van der Waals surface area (Å²) < 4.78 is 83.3. The van der Waals surface area contributed by atoms with Crippen molar-refractivity contribution in [2.45, 2.75) is 51.3 Å². The number of hydrogen-bond acceptors (Lipinski definition) is 6. The van der Waals surface area contributed by atoms with Gasteiger partial charge >= 0.3 is 12.7 Å². The lowest BCUT2D eigenvalue weighted by Gasteiger charge is -2.31. The number of nitrogens with zero attached hydrogens (tertiary/aromatic N) is 2. The van der Waals surface area contributed by atoms with Crippen LogP contribution in [0, 0.1) is 11.8 Å². The minimum Gasteiger partial charge on any atom is -0.406 e. The first-order valence-electron chi connectivity index (χ1n) is 13.1. The van der Waals surface area contributed by atoms with Gasteiger partial charge < -0.3 is 19.9 Å². The molecule has 1 aromatic heterocycles. The largest absolute Gasteiger partial charge is 0.573 e. The van der Waals surface area contributed by atoms with E-state index < -0.39 is 24.9 Å². The van der Waals surface area contributed by atoms with E-state index in [1.165, 1.54) is 48.7 Å². The zero-order valence-electron chi connectivity index (χ0n) is 22.5. The molecule has 3 atom stereocenters. The van der Waals surface area contributed by atoms with Gasteiger partial charge in [-0.2, -0.15) is 0 Å². The van der Waals surface area contributed by atoms with Crippen LogP contribution in [0.2, 0.25) is 0 Å². The molecule has 226 valence electrons. The number of hydrogen-bond donors (Lipinski definition) is 2. The third-order valence-corrected chi connectivity index (χ3v) is 7.02. The Kier molecular flexibility index (Phi) is 9.62. The number of amides is 1. The van der Waals surface area contributed by atoms with Gasteiger partial charge in [-0.1, -0.05) is 42.8 Å². The van der Waals surface area contributed by atoms with Gasteiger partial charge in [-0.25, -0.2) is 0 Å². The van der Waals surface area contributed by atoms with Gasteiger partial charge in [-0.15, -0.1) is 26.3 Å². The number of halogens is 6. The molecule has 0 bridgehead atoms. The zero-order valence-corrected chi connectivity index (χ0v) is 22.5. The Balaban J connectivity index is 1.33. The third kappa shape index (κ3) is 8.58. The van der Waals surface area contributed by atoms with E-state index in [1.54, 1.807) is 30.1 Å². The summed E-state index contributed by atoms with van der Waals surface area (Å²) in [6.45, 7) is 0.326. The van der Waals surface area contributed by atoms with E-state index in [0.717, 1.165) is 6.42 Å². The van der Waals surface area contributed by atoms with E-state index in [-0.39, 0.29) is 42.0 Å². The van der Waals surface area contributed by atoms with Crippen LogP contribution in [0.1, 0.15) is 30.5 Å². The molecule has 0 saturated heterocycles. The van der Waals surface area contributed by atoms with Crippen molar-refractivity contribution in [3.05, 3.63) is 78.1 Å². The van der Waals surface area contributed by atoms with Crippen LogP contribution in [-0.2, 0) is 17.9 Å². The molecule has 7 nitrogen and oxygen atoms in total. The number of ether oxygens (including phenoxy) is 2. The zero-order chi connectivity index (χ0) is 30.5. The average Bonchev–Trinajstić information content (AvgIpc) is 3.41. The number of aromatic nitrogens is 1. The first kappa shape index (κ1) is 31.1. The molecular weight excluding hydrogens is 568 g/mol. The monoisotopic (exact) mass is 597 g/mol. The van der Waals surface area contributed by atoms with Crippen LogP contribution in [0.25, 0.3) is 11.1 Å². The fourth-order valence-electron chi connectivity index (χ4n) is 5.07. The maximum Gasteiger partial charge on any atom is 0.573 e. The molecule has 1 fully saturated rings. The molecule has 2 N–H and O–H groups in total. The molecule has 0 spiro atoms. The van der Waals surface area contributed by atoms with Gasteiger partial charge in [0.05, 0.1) is 5.69 Å². The SMILES string of the molecule is CN(Cc1ccc(-c2ccccc2OC(F)(F)F)cn1)[C@@H](O)C1CCCC1C(=O)NCc1ccc(OC(F)(F)F)cc1. The number of aliphatic hydroxyl groups excluding tert-OH is 1. The molecule has 1 aliphatic carbocycles. The minimum atomic E-state index is -4.84. The van der Waals surface area contributed by atoms with Crippen molar-refractivity contribution in [3.8, 4) is 22.6 Å². The predicted octanol–water partition coefficient (Wildman–Crippen LogP) is 6.03. The highest BCUT2D eigenvalue weighted by Gasteiger charge is 2.39. The van der Waals surface area contributed by atoms with Gasteiger partial charge in [0.15, 0.2) is 0 Å². The Morgan fingerprint density at radius 1 is 1.00 bits per heavy atom. The van der Waals surface area contributed by atoms with Crippen LogP contribution in [0.5, 0.6) is 11.5 Å². The third-order valence-electron chi connectivity index (χ3n) is 7.02. The number of para-hydroxylation sites is 1. The molecule has 42 heavy (non-hydrogen) atoms. The van der Waals surface area contributed by atoms with Gasteiger partial charge in [0, 0.05) is 42.2 Å². The van der Waals surface area contributed by atoms with Gasteiger partial charge in [-0.05, 0) is 49.7 Å². The van der Waals surface area contributed by atoms with E-state index in [9.17, 15) is 36.2 Å². The summed E-state index contributed by atoms with van der Waals surface area (Å²) in [4.78, 5) is 18.9. The van der Waals surface area contributed by atoms with Crippen molar-refractivity contribution in [2.75, 3.05) is 7.05 Å². The summed E-state index contributed by atoms with van der Waals surface area (Å²) in [7, 11) is 1.69. The molecule has 2 unspecified atom stereocenters. The standard InChI is InChI=1S/C29H29F6N3O4/c1-38(17-20-12-11-19(16-36-20)22-5-2-3-8-25(22)42-29(33,34)35)27(40)24-7-4-6-23(24)26(39)37-15-18-9-13-21(14-10-18)41-28(30,31)32/h2-3,5,8-14,16,23-24,27,40H,4,6-7,15,17H2,1H3,(H,37,39)/t23?,24?,27-/m0/s1. The molecular formula is C29H29F6N3O4. The van der Waals surface area contributed by atoms with Gasteiger partial charge in [-0.3, -0.25) is 14.7 Å². The van der Waals surface area contributed by atoms with Crippen molar-refractivity contribution in [3.63, 3.8) is 0 Å². The lowest BCUT2D eigenvalue weighted by atomic mass is 9.92. The van der Waals surface area contributed by atoms with Gasteiger partial charge in [0.2, 0.25) is 5.91 Å². The number of nitrogens with one attached hydrogen (secondary N) is 1. The Morgan fingerprint density at radius 3 is 2.33 bits per heavy atom. The average molecular weight is 598 g/mol. The van der Waals surface area contributed by atoms with Gasteiger partial charge in [0.1, 0.15) is 17.7 Å². The minimum absolute atomic E-state index is 0.105. The first-order chi connectivity index (χ1) is 19.8. The second-order valence-corrected chi connectivity index (χ2v) is 10.0. The number of carbonyl (C=O) groups is 1. The maximum atomic E-state index is 12.9. The summed E-state index contributed by atoms with van der Waals surface area (Å²) >= 11 is 0. The number of alkyl halides is 6. The Hall–Kier alpha value is -3.84. The number of pyridine rings is 1. The van der Waals surface area contributed by atoms with Crippen LogP contribution in [0.15, 0.2) is 66.9 Å². The van der Waals surface area contributed by atoms with Crippen molar-refractivity contribution in [1.29, 1.82) is 0 Å². The fraction of sp³-hybridized carbons (Fsp3) is 0.379. The fourth-order valence-corrected chi connectivity index (χ4v) is 5.07. The quantitative estimate of drug-likeness (QED) is 0.220. The molecule has 2 aromatic carbocycles. The molecule has 0 aliphatic heterocycles. The molecule has 1 amide bonds. The van der Waals surface area contributed by atoms with Crippen LogP contribution in [0.3, 0.4) is 0 Å². The van der Waals surface area contributed by atoms with Crippen molar-refractivity contribution < 1.29 is 45.7 Å². The molecule has 1 heterocycles. The predicted molar refractivity (Wildman–Crippen MR) is 140 cm³/mol. The lowest BCUT2D eigenvalue weighted by molar-refractivity contribution is -0.275. The van der Waals surface area contributed by atoms with Crippen molar-refractivity contribution in [1.82, 2.24) is 15.2 Å². The second kappa shape index (κ2) is 13.0. The Morgan fingerprint density at radius 2 is 1.69 bits per heavy atom. The Bertz CT molecular complexity index is 1330. The summed E-state index contributed by atoms with van der Waals surface area (Å²) in [6, 6.07) is 14.2. The summed E-state index contributed by atoms with van der Waals surface area (Å²) in [5, 5.41) is 13.9. The molecule has 0 radical (unpaired) electrons. The topological polar surface area (TPSA) is 83.9 Å². The van der Waals surface area contributed by atoms with E-state index in [1.807, 2.05) is 0 Å². The Labute approximate surface area is 238 Å². The van der Waals surface area contributed by atoms with E-state index >= 15 is 0 Å². The van der Waals surface area contributed by atoms with Crippen molar-refractivity contribution in [2.24, 2.45) is 11.8 Å². The lowest BCUT2D eigenvalue weighted by Crippen LogP contribution is -2.43. The summed E-state index contributed by atoms with van der Waals surface area (Å²) in [6.07, 6.45) is -7.23. The molecule has 3 aromatic rings. The van der Waals surface area contributed by atoms with Crippen molar-refractivity contribution >= 4 is 5.91 Å². The number of benzene rings is 2. The maximum absolute atomic E-state index is 12.9. The molecule has 1 aliphatic rings. The summed E-state index contributed by atoms with van der Waals surface area (Å²) in [5.74, 6) is -1.78. The molecule has 1 saturated carbocycles. The molecule has 13 heteroatoms. The first-order valence-corrected chi connectivity index (χ1v) is 13.1. The second-order valence-electron chi connectivity index (χ2n) is 10.0. The van der Waals surface area contributed by atoms with E-state index in [2.05, 4.69) is 19.8 Å². The van der Waals surface area contributed by atoms with Crippen LogP contribution in [-0.4, -0.2) is 46.9 Å². The van der Waals surface area contributed by atoms with E-state index in [0.29, 0.717) is 29.7 Å². The number of carbonyl (C=O) groups excluding carboxylic acids is 1. The summed E-state index contributed by atoms with van der Waals surface area (Å²) in [5.41, 5.74) is 1.81. The van der Waals surface area contributed by atoms with Gasteiger partial charge in [0.25, 0.3) is 0 Å². The van der Waals surface area contributed by atoms with Crippen LogP contribution in [0.4, 0.5) is 26.3 Å². The number of aliphatic hydroxyl groups is 1.